The zero-order chi connectivity index (χ0) is 16.2. The Balaban J connectivity index is 2.79. The van der Waals surface area contributed by atoms with Gasteiger partial charge in [0.15, 0.2) is 5.82 Å². The maximum Gasteiger partial charge on any atom is 0.238 e. The fraction of sp³-hybridized carbons (Fsp3) is 0.385. The van der Waals surface area contributed by atoms with E-state index in [2.05, 4.69) is 21.2 Å². The minimum atomic E-state index is -0.888. The first-order chi connectivity index (χ1) is 9.70. The van der Waals surface area contributed by atoms with Crippen LogP contribution >= 0.6 is 15.9 Å². The predicted octanol–water partition coefficient (Wildman–Crippen LogP) is 1.86. The quantitative estimate of drug-likeness (QED) is 0.809. The van der Waals surface area contributed by atoms with Crippen LogP contribution in [-0.4, -0.2) is 35.8 Å². The molecule has 1 rings (SSSR count). The lowest BCUT2D eigenvalue weighted by Gasteiger charge is -2.24. The second kappa shape index (κ2) is 7.46. The molecular weight excluding hydrogens is 348 g/mol. The molecule has 0 saturated heterocycles. The zero-order valence-corrected chi connectivity index (χ0v) is 13.2. The summed E-state index contributed by atoms with van der Waals surface area (Å²) in [6, 6.07) is 1.62. The molecule has 0 aliphatic rings. The van der Waals surface area contributed by atoms with E-state index in [0.717, 1.165) is 6.07 Å². The van der Waals surface area contributed by atoms with Crippen LogP contribution in [0.2, 0.25) is 0 Å². The van der Waals surface area contributed by atoms with Gasteiger partial charge in [0.05, 0.1) is 18.8 Å². The molecule has 0 spiro atoms. The molecule has 0 atom stereocenters. The smallest absolute Gasteiger partial charge is 0.238 e. The Bertz CT molecular complexity index is 529. The van der Waals surface area contributed by atoms with Gasteiger partial charge in [-0.1, -0.05) is 0 Å². The van der Waals surface area contributed by atoms with E-state index in [1.165, 1.54) is 4.90 Å². The number of hydrogen-bond donors (Lipinski definition) is 2. The second-order valence-electron chi connectivity index (χ2n) is 4.76. The molecule has 0 saturated carbocycles. The summed E-state index contributed by atoms with van der Waals surface area (Å²) in [6.07, 6.45) is 0. The van der Waals surface area contributed by atoms with E-state index in [9.17, 15) is 18.4 Å². The summed E-state index contributed by atoms with van der Waals surface area (Å²) < 4.78 is 26.7. The van der Waals surface area contributed by atoms with E-state index in [0.29, 0.717) is 6.07 Å². The Labute approximate surface area is 129 Å². The van der Waals surface area contributed by atoms with E-state index in [4.69, 9.17) is 5.73 Å². The van der Waals surface area contributed by atoms with E-state index in [1.807, 2.05) is 0 Å². The molecular formula is C13H16BrF2N3O2. The van der Waals surface area contributed by atoms with Crippen LogP contribution in [0.15, 0.2) is 16.6 Å². The minimum absolute atomic E-state index is 0.0852. The Kier molecular flexibility index (Phi) is 6.22. The Morgan fingerprint density at radius 3 is 2.43 bits per heavy atom. The summed E-state index contributed by atoms with van der Waals surface area (Å²) >= 11 is 2.98. The van der Waals surface area contributed by atoms with E-state index >= 15 is 0 Å². The number of nitrogens with two attached hydrogens (primary N) is 1. The number of carbonyl (C=O) groups is 2. The molecule has 2 amide bonds. The van der Waals surface area contributed by atoms with Gasteiger partial charge in [0.25, 0.3) is 0 Å². The molecule has 8 heteroatoms. The van der Waals surface area contributed by atoms with Crippen LogP contribution in [0.4, 0.5) is 14.5 Å². The zero-order valence-electron chi connectivity index (χ0n) is 11.6. The molecule has 21 heavy (non-hydrogen) atoms. The van der Waals surface area contributed by atoms with Gasteiger partial charge in [-0.2, -0.15) is 0 Å². The van der Waals surface area contributed by atoms with Crippen molar-refractivity contribution in [3.8, 4) is 0 Å². The van der Waals surface area contributed by atoms with Gasteiger partial charge in [-0.3, -0.25) is 14.5 Å². The fourth-order valence-electron chi connectivity index (χ4n) is 1.65. The number of benzene rings is 1. The highest BCUT2D eigenvalue weighted by molar-refractivity contribution is 9.10. The van der Waals surface area contributed by atoms with Gasteiger partial charge in [0, 0.05) is 16.6 Å². The summed E-state index contributed by atoms with van der Waals surface area (Å²) in [7, 11) is 0. The number of anilines is 1. The standard InChI is InChI=1S/C13H16BrF2N3O2/c1-7(2)19(5-11(17)20)6-12(21)18-13-9(14)3-8(15)4-10(13)16/h3-4,7H,5-6H2,1-2H3,(H2,17,20)(H,18,21). The highest BCUT2D eigenvalue weighted by atomic mass is 79.9. The summed E-state index contributed by atoms with van der Waals surface area (Å²) in [5, 5.41) is 2.34. The largest absolute Gasteiger partial charge is 0.369 e. The van der Waals surface area contributed by atoms with Gasteiger partial charge in [0.1, 0.15) is 5.82 Å². The number of carbonyl (C=O) groups excluding carboxylic acids is 2. The topological polar surface area (TPSA) is 75.4 Å². The van der Waals surface area contributed by atoms with Gasteiger partial charge < -0.3 is 11.1 Å². The predicted molar refractivity (Wildman–Crippen MR) is 78.6 cm³/mol. The van der Waals surface area contributed by atoms with Crippen LogP contribution in [0, 0.1) is 11.6 Å². The molecule has 1 aromatic carbocycles. The van der Waals surface area contributed by atoms with Gasteiger partial charge in [0.2, 0.25) is 11.8 Å². The van der Waals surface area contributed by atoms with Crippen molar-refractivity contribution in [3.05, 3.63) is 28.2 Å². The highest BCUT2D eigenvalue weighted by Crippen LogP contribution is 2.26. The third-order valence-corrected chi connectivity index (χ3v) is 3.33. The minimum Gasteiger partial charge on any atom is -0.369 e. The number of primary amides is 1. The van der Waals surface area contributed by atoms with Crippen LogP contribution in [0.1, 0.15) is 13.8 Å². The van der Waals surface area contributed by atoms with Gasteiger partial charge in [-0.05, 0) is 35.8 Å². The molecule has 1 aromatic rings. The molecule has 0 aromatic heterocycles. The van der Waals surface area contributed by atoms with Crippen molar-refractivity contribution in [1.82, 2.24) is 4.90 Å². The van der Waals surface area contributed by atoms with Crippen molar-refractivity contribution in [2.45, 2.75) is 19.9 Å². The molecule has 116 valence electrons. The number of hydrogen-bond acceptors (Lipinski definition) is 3. The van der Waals surface area contributed by atoms with Crippen LogP contribution in [0.3, 0.4) is 0 Å². The van der Waals surface area contributed by atoms with Crippen molar-refractivity contribution >= 4 is 33.4 Å². The Morgan fingerprint density at radius 2 is 1.95 bits per heavy atom. The first-order valence-corrected chi connectivity index (χ1v) is 6.96. The number of nitrogens with one attached hydrogen (secondary N) is 1. The summed E-state index contributed by atoms with van der Waals surface area (Å²) in [5.74, 6) is -2.74. The Morgan fingerprint density at radius 1 is 1.33 bits per heavy atom. The monoisotopic (exact) mass is 363 g/mol. The molecule has 0 bridgehead atoms. The van der Waals surface area contributed by atoms with Crippen molar-refractivity contribution < 1.29 is 18.4 Å². The van der Waals surface area contributed by atoms with Crippen molar-refractivity contribution in [2.24, 2.45) is 5.73 Å². The highest BCUT2D eigenvalue weighted by Gasteiger charge is 2.18. The Hall–Kier alpha value is -1.54. The molecule has 0 radical (unpaired) electrons. The van der Waals surface area contributed by atoms with E-state index < -0.39 is 23.4 Å². The molecule has 0 fully saturated rings. The summed E-state index contributed by atoms with van der Waals surface area (Å²) in [5.41, 5.74) is 4.95. The summed E-state index contributed by atoms with van der Waals surface area (Å²) in [6.45, 7) is 3.37. The molecule has 5 nitrogen and oxygen atoms in total. The number of nitrogens with zero attached hydrogens (tertiary/aromatic N) is 1. The van der Waals surface area contributed by atoms with Crippen LogP contribution < -0.4 is 11.1 Å². The summed E-state index contributed by atoms with van der Waals surface area (Å²) in [4.78, 5) is 24.4. The average Bonchev–Trinajstić information content (AvgIpc) is 2.32. The van der Waals surface area contributed by atoms with Gasteiger partial charge >= 0.3 is 0 Å². The second-order valence-corrected chi connectivity index (χ2v) is 5.61. The molecule has 0 aliphatic heterocycles. The van der Waals surface area contributed by atoms with Gasteiger partial charge in [-0.25, -0.2) is 8.78 Å². The van der Waals surface area contributed by atoms with E-state index in [-0.39, 0.29) is 29.3 Å². The van der Waals surface area contributed by atoms with Crippen LogP contribution in [-0.2, 0) is 9.59 Å². The molecule has 0 heterocycles. The molecule has 0 unspecified atom stereocenters. The third-order valence-electron chi connectivity index (χ3n) is 2.71. The third kappa shape index (κ3) is 5.39. The lowest BCUT2D eigenvalue weighted by molar-refractivity contribution is -0.121. The average molecular weight is 364 g/mol. The van der Waals surface area contributed by atoms with Crippen molar-refractivity contribution in [1.29, 1.82) is 0 Å². The SMILES string of the molecule is CC(C)N(CC(N)=O)CC(=O)Nc1c(F)cc(F)cc1Br. The first-order valence-electron chi connectivity index (χ1n) is 6.17. The maximum atomic E-state index is 13.6. The number of rotatable bonds is 6. The normalized spacial score (nSPS) is 11.0. The van der Waals surface area contributed by atoms with Crippen LogP contribution in [0.25, 0.3) is 0 Å². The lowest BCUT2D eigenvalue weighted by Crippen LogP contribution is -2.43. The molecule has 3 N–H and O–H groups in total. The maximum absolute atomic E-state index is 13.6. The van der Waals surface area contributed by atoms with E-state index in [1.54, 1.807) is 13.8 Å². The van der Waals surface area contributed by atoms with Crippen molar-refractivity contribution in [2.75, 3.05) is 18.4 Å². The molecule has 0 aliphatic carbocycles. The number of halogens is 3. The van der Waals surface area contributed by atoms with Gasteiger partial charge in [-0.15, -0.1) is 0 Å². The first kappa shape index (κ1) is 17.5. The fourth-order valence-corrected chi connectivity index (χ4v) is 2.15. The number of amides is 2. The van der Waals surface area contributed by atoms with Crippen molar-refractivity contribution in [3.63, 3.8) is 0 Å². The van der Waals surface area contributed by atoms with Crippen LogP contribution in [0.5, 0.6) is 0 Å². The lowest BCUT2D eigenvalue weighted by atomic mass is 10.2.